The third-order valence-corrected chi connectivity index (χ3v) is 6.08. The maximum Gasteiger partial charge on any atom is 0.332 e. The number of fused-ring (bicyclic) bond motifs is 4. The Balaban J connectivity index is 1.71. The van der Waals surface area contributed by atoms with Crippen LogP contribution >= 0.6 is 0 Å². The van der Waals surface area contributed by atoms with Gasteiger partial charge in [-0.05, 0) is 29.7 Å². The lowest BCUT2D eigenvalue weighted by molar-refractivity contribution is 0.190. The topological polar surface area (TPSA) is 75.5 Å². The molecule has 0 spiro atoms. The predicted octanol–water partition coefficient (Wildman–Crippen LogP) is 2.70. The van der Waals surface area contributed by atoms with E-state index in [0.717, 1.165) is 35.0 Å². The van der Waals surface area contributed by atoms with Crippen LogP contribution in [0.3, 0.4) is 0 Å². The molecule has 0 aliphatic carbocycles. The number of imidazole rings is 2. The summed E-state index contributed by atoms with van der Waals surface area (Å²) in [7, 11) is 3.34. The Hall–Kier alpha value is -3.65. The van der Waals surface area contributed by atoms with E-state index in [4.69, 9.17) is 4.74 Å². The van der Waals surface area contributed by atoms with E-state index in [9.17, 15) is 9.59 Å². The molecule has 8 heteroatoms. The summed E-state index contributed by atoms with van der Waals surface area (Å²) in [6.07, 6.45) is 2.74. The van der Waals surface area contributed by atoms with Gasteiger partial charge in [0.1, 0.15) is 0 Å². The summed E-state index contributed by atoms with van der Waals surface area (Å²) in [5.41, 5.74) is 2.02. The molecule has 32 heavy (non-hydrogen) atoms. The highest BCUT2D eigenvalue weighted by Crippen LogP contribution is 2.20. The van der Waals surface area contributed by atoms with Gasteiger partial charge in [-0.15, -0.1) is 0 Å². The zero-order valence-corrected chi connectivity index (χ0v) is 18.4. The van der Waals surface area contributed by atoms with Gasteiger partial charge in [-0.1, -0.05) is 42.5 Å². The van der Waals surface area contributed by atoms with Crippen LogP contribution in [0, 0.1) is 6.92 Å². The largest absolute Gasteiger partial charge is 0.385 e. The minimum atomic E-state index is -0.376. The first-order chi connectivity index (χ1) is 15.5. The SMILES string of the molecule is COCCCn1c(C)cn2c3c(=O)n(Cc4cccc5ccccc45)c(=O)n(C)c3nc12. The van der Waals surface area contributed by atoms with Crippen LogP contribution in [-0.4, -0.2) is 36.8 Å². The van der Waals surface area contributed by atoms with E-state index in [1.165, 1.54) is 9.13 Å². The fourth-order valence-corrected chi connectivity index (χ4v) is 4.44. The molecule has 3 heterocycles. The first-order valence-electron chi connectivity index (χ1n) is 10.6. The van der Waals surface area contributed by atoms with E-state index in [1.807, 2.05) is 55.6 Å². The average Bonchev–Trinajstić information content (AvgIpc) is 3.31. The molecule has 5 aromatic rings. The summed E-state index contributed by atoms with van der Waals surface area (Å²) in [6.45, 7) is 3.55. The third kappa shape index (κ3) is 3.06. The summed E-state index contributed by atoms with van der Waals surface area (Å²) in [4.78, 5) is 31.4. The zero-order chi connectivity index (χ0) is 22.4. The molecule has 2 aromatic carbocycles. The van der Waals surface area contributed by atoms with Crippen molar-refractivity contribution in [3.63, 3.8) is 0 Å². The number of hydrogen-bond acceptors (Lipinski definition) is 4. The monoisotopic (exact) mass is 431 g/mol. The van der Waals surface area contributed by atoms with Gasteiger partial charge in [0.05, 0.1) is 6.54 Å². The molecular formula is C24H25N5O3. The van der Waals surface area contributed by atoms with Gasteiger partial charge in [0.15, 0.2) is 11.2 Å². The molecule has 0 atom stereocenters. The smallest absolute Gasteiger partial charge is 0.332 e. The number of ether oxygens (including phenoxy) is 1. The van der Waals surface area contributed by atoms with Crippen LogP contribution in [-0.2, 0) is 24.9 Å². The first kappa shape index (κ1) is 20.3. The summed E-state index contributed by atoms with van der Waals surface area (Å²) in [5.74, 6) is 0.656. The van der Waals surface area contributed by atoms with Gasteiger partial charge >= 0.3 is 5.69 Å². The lowest BCUT2D eigenvalue weighted by Crippen LogP contribution is -2.39. The summed E-state index contributed by atoms with van der Waals surface area (Å²) in [6, 6.07) is 13.9. The molecule has 8 nitrogen and oxygen atoms in total. The minimum absolute atomic E-state index is 0.198. The molecule has 3 aromatic heterocycles. The minimum Gasteiger partial charge on any atom is -0.385 e. The van der Waals surface area contributed by atoms with E-state index in [1.54, 1.807) is 18.6 Å². The van der Waals surface area contributed by atoms with E-state index in [0.29, 0.717) is 23.5 Å². The van der Waals surface area contributed by atoms with Crippen LogP contribution in [0.1, 0.15) is 17.7 Å². The van der Waals surface area contributed by atoms with Crippen molar-refractivity contribution in [2.75, 3.05) is 13.7 Å². The molecule has 0 amide bonds. The molecule has 0 radical (unpaired) electrons. The highest BCUT2D eigenvalue weighted by Gasteiger charge is 2.20. The molecule has 0 unspecified atom stereocenters. The van der Waals surface area contributed by atoms with E-state index in [2.05, 4.69) is 9.55 Å². The lowest BCUT2D eigenvalue weighted by atomic mass is 10.0. The number of aryl methyl sites for hydroxylation is 3. The molecule has 5 rings (SSSR count). The molecule has 164 valence electrons. The lowest BCUT2D eigenvalue weighted by Gasteiger charge is -2.10. The van der Waals surface area contributed by atoms with Gasteiger partial charge in [0, 0.05) is 39.2 Å². The molecule has 0 aliphatic heterocycles. The Bertz CT molecular complexity index is 1580. The molecule has 0 saturated heterocycles. The molecule has 0 bridgehead atoms. The van der Waals surface area contributed by atoms with Crippen LogP contribution in [0.5, 0.6) is 0 Å². The summed E-state index contributed by atoms with van der Waals surface area (Å²) < 4.78 is 11.8. The second kappa shape index (κ2) is 7.80. The van der Waals surface area contributed by atoms with Crippen LogP contribution < -0.4 is 11.2 Å². The average molecular weight is 431 g/mol. The van der Waals surface area contributed by atoms with Crippen molar-refractivity contribution in [3.8, 4) is 0 Å². The van der Waals surface area contributed by atoms with Gasteiger partial charge in [0.25, 0.3) is 5.56 Å². The molecule has 0 aliphatic rings. The number of methoxy groups -OCH3 is 1. The fourth-order valence-electron chi connectivity index (χ4n) is 4.44. The Morgan fingerprint density at radius 1 is 1.03 bits per heavy atom. The fraction of sp³-hybridized carbons (Fsp3) is 0.292. The summed E-state index contributed by atoms with van der Waals surface area (Å²) >= 11 is 0. The maximum atomic E-state index is 13.6. The third-order valence-electron chi connectivity index (χ3n) is 6.08. The zero-order valence-electron chi connectivity index (χ0n) is 18.4. The number of benzene rings is 2. The second-order valence-corrected chi connectivity index (χ2v) is 8.09. The van der Waals surface area contributed by atoms with Gasteiger partial charge < -0.3 is 9.30 Å². The van der Waals surface area contributed by atoms with Crippen LogP contribution in [0.15, 0.2) is 58.3 Å². The Morgan fingerprint density at radius 3 is 2.62 bits per heavy atom. The van der Waals surface area contributed by atoms with Gasteiger partial charge in [0.2, 0.25) is 5.78 Å². The predicted molar refractivity (Wildman–Crippen MR) is 124 cm³/mol. The standard InChI is InChI=1S/C24H25N5O3/c1-16-14-28-20-21(25-23(28)27(16)12-7-13-32-3)26(2)24(31)29(22(20)30)15-18-10-6-9-17-8-4-5-11-19(17)18/h4-6,8-11,14H,7,12-13,15H2,1-3H3. The Labute approximate surface area is 183 Å². The van der Waals surface area contributed by atoms with E-state index in [-0.39, 0.29) is 17.8 Å². The van der Waals surface area contributed by atoms with E-state index < -0.39 is 0 Å². The number of rotatable bonds is 6. The number of hydrogen-bond donors (Lipinski definition) is 0. The van der Waals surface area contributed by atoms with Crippen molar-refractivity contribution in [3.05, 3.63) is 80.8 Å². The molecular weight excluding hydrogens is 406 g/mol. The van der Waals surface area contributed by atoms with E-state index >= 15 is 0 Å². The van der Waals surface area contributed by atoms with Crippen molar-refractivity contribution in [1.29, 1.82) is 0 Å². The second-order valence-electron chi connectivity index (χ2n) is 8.09. The quantitative estimate of drug-likeness (QED) is 0.388. The normalized spacial score (nSPS) is 11.8. The first-order valence-corrected chi connectivity index (χ1v) is 10.6. The van der Waals surface area contributed by atoms with Crippen molar-refractivity contribution in [2.24, 2.45) is 7.05 Å². The van der Waals surface area contributed by atoms with Crippen LogP contribution in [0.25, 0.3) is 27.7 Å². The Morgan fingerprint density at radius 2 is 1.81 bits per heavy atom. The van der Waals surface area contributed by atoms with Crippen molar-refractivity contribution < 1.29 is 4.74 Å². The summed E-state index contributed by atoms with van der Waals surface area (Å²) in [5, 5.41) is 2.11. The van der Waals surface area contributed by atoms with Crippen LogP contribution in [0.2, 0.25) is 0 Å². The Kier molecular flexibility index (Phi) is 4.94. The maximum absolute atomic E-state index is 13.6. The molecule has 0 N–H and O–H groups in total. The van der Waals surface area contributed by atoms with Crippen molar-refractivity contribution in [2.45, 2.75) is 26.4 Å². The van der Waals surface area contributed by atoms with Gasteiger partial charge in [-0.2, -0.15) is 4.98 Å². The number of nitrogens with zero attached hydrogens (tertiary/aromatic N) is 5. The van der Waals surface area contributed by atoms with Crippen LogP contribution in [0.4, 0.5) is 0 Å². The molecule has 0 saturated carbocycles. The van der Waals surface area contributed by atoms with Crippen molar-refractivity contribution in [1.82, 2.24) is 23.1 Å². The van der Waals surface area contributed by atoms with Crippen molar-refractivity contribution >= 4 is 27.7 Å². The highest BCUT2D eigenvalue weighted by molar-refractivity contribution is 5.85. The number of aromatic nitrogens is 5. The highest BCUT2D eigenvalue weighted by atomic mass is 16.5. The molecule has 0 fully saturated rings. The van der Waals surface area contributed by atoms with Gasteiger partial charge in [-0.25, -0.2) is 4.79 Å². The van der Waals surface area contributed by atoms with Gasteiger partial charge in [-0.3, -0.25) is 18.3 Å².